The molecule has 9 heteroatoms. The summed E-state index contributed by atoms with van der Waals surface area (Å²) in [6.45, 7) is 6.97. The lowest BCUT2D eigenvalue weighted by Crippen LogP contribution is -2.42. The van der Waals surface area contributed by atoms with E-state index in [1.54, 1.807) is 0 Å². The van der Waals surface area contributed by atoms with Gasteiger partial charge in [-0.15, -0.1) is 0 Å². The molecule has 0 spiro atoms. The molecule has 2 saturated heterocycles. The van der Waals surface area contributed by atoms with E-state index in [0.717, 1.165) is 69.8 Å². The van der Waals surface area contributed by atoms with Crippen LogP contribution < -0.4 is 16.0 Å². The van der Waals surface area contributed by atoms with E-state index in [-0.39, 0.29) is 18.2 Å². The van der Waals surface area contributed by atoms with Crippen LogP contribution in [0.25, 0.3) is 0 Å². The zero-order chi connectivity index (χ0) is 30.7. The molecule has 1 unspecified atom stereocenters. The minimum absolute atomic E-state index is 0.0362. The first-order valence-electron chi connectivity index (χ1n) is 17.5. The van der Waals surface area contributed by atoms with Crippen LogP contribution in [-0.2, 0) is 20.9 Å². The van der Waals surface area contributed by atoms with E-state index in [1.165, 1.54) is 64.9 Å². The van der Waals surface area contributed by atoms with E-state index in [9.17, 15) is 14.4 Å². The Morgan fingerprint density at radius 2 is 1.48 bits per heavy atom. The molecule has 44 heavy (non-hydrogen) atoms. The maximum Gasteiger partial charge on any atom is 0.308 e. The van der Waals surface area contributed by atoms with Gasteiger partial charge in [-0.25, -0.2) is 0 Å². The highest BCUT2D eigenvalue weighted by atomic mass is 16.5. The van der Waals surface area contributed by atoms with Gasteiger partial charge in [0.2, 0.25) is 5.91 Å². The van der Waals surface area contributed by atoms with E-state index in [0.29, 0.717) is 36.4 Å². The SMILES string of the molecule is COC(=O)CC1Nc2cc(C(=O)N(CCC3CCNCC3)CCC3CCNCC3)ccc2CN(CCC2CCCCC2)C1=O. The van der Waals surface area contributed by atoms with Gasteiger partial charge in [-0.2, -0.15) is 0 Å². The van der Waals surface area contributed by atoms with Gasteiger partial charge < -0.3 is 30.5 Å². The van der Waals surface area contributed by atoms with Crippen molar-refractivity contribution in [1.82, 2.24) is 20.4 Å². The lowest BCUT2D eigenvalue weighted by Gasteiger charge is -2.30. The normalized spacial score (nSPS) is 22.2. The van der Waals surface area contributed by atoms with Crippen LogP contribution in [0.4, 0.5) is 5.69 Å². The summed E-state index contributed by atoms with van der Waals surface area (Å²) in [5, 5.41) is 10.3. The monoisotopic (exact) mass is 609 g/mol. The van der Waals surface area contributed by atoms with Crippen LogP contribution >= 0.6 is 0 Å². The molecule has 1 aliphatic carbocycles. The summed E-state index contributed by atoms with van der Waals surface area (Å²) >= 11 is 0. The van der Waals surface area contributed by atoms with Crippen molar-refractivity contribution >= 4 is 23.5 Å². The minimum Gasteiger partial charge on any atom is -0.469 e. The summed E-state index contributed by atoms with van der Waals surface area (Å²) in [5.74, 6) is 1.55. The van der Waals surface area contributed by atoms with Crippen LogP contribution in [0, 0.1) is 17.8 Å². The first-order valence-corrected chi connectivity index (χ1v) is 17.5. The smallest absolute Gasteiger partial charge is 0.308 e. The number of piperidine rings is 2. The predicted molar refractivity (Wildman–Crippen MR) is 173 cm³/mol. The number of rotatable bonds is 12. The largest absolute Gasteiger partial charge is 0.469 e. The first kappa shape index (κ1) is 32.7. The fourth-order valence-corrected chi connectivity index (χ4v) is 7.64. The first-order chi connectivity index (χ1) is 21.5. The molecule has 1 saturated carbocycles. The Balaban J connectivity index is 1.31. The number of anilines is 1. The molecule has 3 heterocycles. The molecule has 3 fully saturated rings. The number of nitrogens with zero attached hydrogens (tertiary/aromatic N) is 2. The van der Waals surface area contributed by atoms with Gasteiger partial charge in [0.25, 0.3) is 5.91 Å². The summed E-state index contributed by atoms with van der Waals surface area (Å²) in [7, 11) is 1.36. The lowest BCUT2D eigenvalue weighted by molar-refractivity contribution is -0.144. The number of benzene rings is 1. The van der Waals surface area contributed by atoms with Gasteiger partial charge in [-0.05, 0) is 107 Å². The Kier molecular flexibility index (Phi) is 12.3. The molecular formula is C35H55N5O4. The quantitative estimate of drug-likeness (QED) is 0.299. The number of hydrogen-bond acceptors (Lipinski definition) is 7. The van der Waals surface area contributed by atoms with Crippen molar-refractivity contribution in [2.45, 2.75) is 96.1 Å². The topological polar surface area (TPSA) is 103 Å². The third-order valence-electron chi connectivity index (χ3n) is 10.6. The Labute approximate surface area is 264 Å². The Bertz CT molecular complexity index is 1070. The predicted octanol–water partition coefficient (Wildman–Crippen LogP) is 4.56. The summed E-state index contributed by atoms with van der Waals surface area (Å²) in [6, 6.07) is 5.16. The van der Waals surface area contributed by atoms with E-state index in [1.807, 2.05) is 23.1 Å². The van der Waals surface area contributed by atoms with Crippen molar-refractivity contribution in [1.29, 1.82) is 0 Å². The fraction of sp³-hybridized carbons (Fsp3) is 0.743. The molecule has 1 aromatic rings. The van der Waals surface area contributed by atoms with Crippen molar-refractivity contribution in [2.24, 2.45) is 17.8 Å². The number of amides is 2. The van der Waals surface area contributed by atoms with Gasteiger partial charge >= 0.3 is 5.97 Å². The molecule has 0 aromatic heterocycles. The zero-order valence-corrected chi connectivity index (χ0v) is 26.9. The lowest BCUT2D eigenvalue weighted by atomic mass is 9.87. The second kappa shape index (κ2) is 16.6. The van der Waals surface area contributed by atoms with Gasteiger partial charge in [0.15, 0.2) is 0 Å². The second-order valence-corrected chi connectivity index (χ2v) is 13.7. The number of nitrogens with one attached hydrogen (secondary N) is 3. The molecular weight excluding hydrogens is 554 g/mol. The Morgan fingerprint density at radius 3 is 2.09 bits per heavy atom. The van der Waals surface area contributed by atoms with E-state index in [4.69, 9.17) is 4.74 Å². The average molecular weight is 610 g/mol. The van der Waals surface area contributed by atoms with Crippen molar-refractivity contribution in [2.75, 3.05) is 58.2 Å². The minimum atomic E-state index is -0.712. The van der Waals surface area contributed by atoms with Gasteiger partial charge in [0.1, 0.15) is 6.04 Å². The molecule has 0 bridgehead atoms. The average Bonchev–Trinajstić information content (AvgIpc) is 3.20. The molecule has 2 amide bonds. The number of hydrogen-bond donors (Lipinski definition) is 3. The standard InChI is InChI=1S/C35H55N5O4/c1-44-33(41)24-32-35(43)40(22-15-26-5-3-2-4-6-26)25-30-8-7-29(23-31(30)38-32)34(42)39(20-13-27-9-16-36-17-10-27)21-14-28-11-18-37-19-12-28/h7-8,23,26-28,32,36-38H,2-6,9-22,24-25H2,1H3. The highest BCUT2D eigenvalue weighted by molar-refractivity contribution is 5.96. The third-order valence-corrected chi connectivity index (χ3v) is 10.6. The summed E-state index contributed by atoms with van der Waals surface area (Å²) in [4.78, 5) is 44.1. The maximum absolute atomic E-state index is 14.1. The molecule has 1 atom stereocenters. The van der Waals surface area contributed by atoms with Crippen LogP contribution in [0.2, 0.25) is 0 Å². The molecule has 0 radical (unpaired) electrons. The van der Waals surface area contributed by atoms with Crippen LogP contribution in [0.5, 0.6) is 0 Å². The van der Waals surface area contributed by atoms with Gasteiger partial charge in [0, 0.05) is 37.4 Å². The second-order valence-electron chi connectivity index (χ2n) is 13.7. The van der Waals surface area contributed by atoms with Crippen LogP contribution in [0.15, 0.2) is 18.2 Å². The number of esters is 1. The number of carbonyl (C=O) groups is 3. The molecule has 244 valence electrons. The zero-order valence-electron chi connectivity index (χ0n) is 26.9. The van der Waals surface area contributed by atoms with Gasteiger partial charge in [-0.1, -0.05) is 38.2 Å². The van der Waals surface area contributed by atoms with Crippen LogP contribution in [0.3, 0.4) is 0 Å². The summed E-state index contributed by atoms with van der Waals surface area (Å²) in [6.07, 6.45) is 14.1. The Morgan fingerprint density at radius 1 is 0.864 bits per heavy atom. The number of fused-ring (bicyclic) bond motifs is 1. The summed E-state index contributed by atoms with van der Waals surface area (Å²) < 4.78 is 4.95. The maximum atomic E-state index is 14.1. The highest BCUT2D eigenvalue weighted by Gasteiger charge is 2.32. The van der Waals surface area contributed by atoms with Crippen LogP contribution in [-0.4, -0.2) is 86.5 Å². The fourth-order valence-electron chi connectivity index (χ4n) is 7.64. The molecule has 3 N–H and O–H groups in total. The molecule has 5 rings (SSSR count). The number of methoxy groups -OCH3 is 1. The third kappa shape index (κ3) is 9.19. The summed E-state index contributed by atoms with van der Waals surface area (Å²) in [5.41, 5.74) is 2.41. The van der Waals surface area contributed by atoms with Crippen LogP contribution in [0.1, 0.15) is 99.4 Å². The highest BCUT2D eigenvalue weighted by Crippen LogP contribution is 2.30. The van der Waals surface area contributed by atoms with Crippen molar-refractivity contribution < 1.29 is 19.1 Å². The molecule has 4 aliphatic rings. The van der Waals surface area contributed by atoms with Crippen molar-refractivity contribution in [3.05, 3.63) is 29.3 Å². The van der Waals surface area contributed by atoms with E-state index < -0.39 is 12.0 Å². The molecule has 3 aliphatic heterocycles. The van der Waals surface area contributed by atoms with E-state index in [2.05, 4.69) is 20.9 Å². The Hall–Kier alpha value is -2.65. The van der Waals surface area contributed by atoms with Crippen molar-refractivity contribution in [3.63, 3.8) is 0 Å². The van der Waals surface area contributed by atoms with Gasteiger partial charge in [-0.3, -0.25) is 14.4 Å². The number of ether oxygens (including phenoxy) is 1. The van der Waals surface area contributed by atoms with E-state index >= 15 is 0 Å². The number of carbonyl (C=O) groups excluding carboxylic acids is 3. The van der Waals surface area contributed by atoms with Crippen molar-refractivity contribution in [3.8, 4) is 0 Å². The molecule has 9 nitrogen and oxygen atoms in total. The van der Waals surface area contributed by atoms with Gasteiger partial charge in [0.05, 0.1) is 13.5 Å². The molecule has 1 aromatic carbocycles.